The molecule has 10 aromatic rings. The maximum atomic E-state index is 6.67. The molecule has 11 rings (SSSR count). The fraction of sp³-hybridized carbons (Fsp3) is 0.100. The van der Waals surface area contributed by atoms with Gasteiger partial charge in [0, 0.05) is 72.2 Å². The predicted molar refractivity (Wildman–Crippen MR) is 267 cm³/mol. The zero-order valence-electron chi connectivity index (χ0n) is 37.2. The number of anilines is 4. The van der Waals surface area contributed by atoms with Crippen molar-refractivity contribution in [3.63, 3.8) is 0 Å². The van der Waals surface area contributed by atoms with Gasteiger partial charge >= 0.3 is 0 Å². The number of para-hydroxylation sites is 3. The van der Waals surface area contributed by atoms with E-state index in [-0.39, 0.29) is 31.9 Å². The molecule has 0 radical (unpaired) electrons. The number of hydrogen-bond donors (Lipinski definition) is 0. The molecule has 0 aliphatic carbocycles. The van der Waals surface area contributed by atoms with Crippen LogP contribution in [-0.2, 0) is 31.9 Å². The Labute approximate surface area is 401 Å². The van der Waals surface area contributed by atoms with Crippen molar-refractivity contribution in [3.8, 4) is 28.4 Å². The standard InChI is InChI=1S/C60H47N4O.Pt/c1-59(2,44-21-10-6-11-22-44)46-33-34-61-58(38-46)64-54-28-15-14-27-52(54)53-32-31-51(40-57(53)64)65-50-26-18-25-48(39-50)62-41-63(56-30-17-16-29-55(56)62)49-36-43(42-19-8-5-9-20-42)35-47(37-49)60(3,4)45-23-12-7-13-24-45;/h5-38,41H,1-4H3;/q-3;. The molecule has 8 aromatic carbocycles. The molecular weight excluding hydrogens is 988 g/mol. The average Bonchev–Trinajstić information content (AvgIpc) is 3.91. The third-order valence-corrected chi connectivity index (χ3v) is 13.1. The van der Waals surface area contributed by atoms with E-state index < -0.39 is 0 Å². The Bertz CT molecular complexity index is 3340. The maximum Gasteiger partial charge on any atom is 0.135 e. The summed E-state index contributed by atoms with van der Waals surface area (Å²) >= 11 is 0. The molecule has 2 aromatic heterocycles. The molecule has 0 N–H and O–H groups in total. The van der Waals surface area contributed by atoms with Gasteiger partial charge in [0.25, 0.3) is 0 Å². The van der Waals surface area contributed by atoms with Gasteiger partial charge in [0.2, 0.25) is 0 Å². The van der Waals surface area contributed by atoms with Crippen LogP contribution in [0.1, 0.15) is 49.9 Å². The van der Waals surface area contributed by atoms with Gasteiger partial charge in [0.1, 0.15) is 5.82 Å². The second-order valence-corrected chi connectivity index (χ2v) is 17.8. The monoisotopic (exact) mass is 1030 g/mol. The molecule has 0 unspecified atom stereocenters. The van der Waals surface area contributed by atoms with Gasteiger partial charge < -0.3 is 19.1 Å². The largest absolute Gasteiger partial charge is 0.509 e. The summed E-state index contributed by atoms with van der Waals surface area (Å²) in [6, 6.07) is 77.8. The maximum absolute atomic E-state index is 6.67. The van der Waals surface area contributed by atoms with Crippen LogP contribution in [0.4, 0.5) is 22.7 Å². The molecular formula is C60H47N4OPt-3. The van der Waals surface area contributed by atoms with Gasteiger partial charge in [-0.15, -0.1) is 48.1 Å². The van der Waals surface area contributed by atoms with Crippen LogP contribution in [0.2, 0.25) is 0 Å². The van der Waals surface area contributed by atoms with Crippen molar-refractivity contribution in [3.05, 3.63) is 247 Å². The van der Waals surface area contributed by atoms with Crippen LogP contribution >= 0.6 is 0 Å². The second-order valence-electron chi connectivity index (χ2n) is 17.8. The Morgan fingerprint density at radius 1 is 0.485 bits per heavy atom. The van der Waals surface area contributed by atoms with Gasteiger partial charge in [-0.2, -0.15) is 12.1 Å². The van der Waals surface area contributed by atoms with Gasteiger partial charge in [-0.05, 0) is 81.2 Å². The third kappa shape index (κ3) is 7.67. The number of fused-ring (bicyclic) bond motifs is 4. The van der Waals surface area contributed by atoms with Crippen LogP contribution in [0.25, 0.3) is 38.8 Å². The van der Waals surface area contributed by atoms with Crippen molar-refractivity contribution >= 4 is 44.6 Å². The Balaban J connectivity index is 0.00000511. The number of pyridine rings is 1. The zero-order chi connectivity index (χ0) is 44.1. The first-order valence-corrected chi connectivity index (χ1v) is 22.2. The topological polar surface area (TPSA) is 33.5 Å². The number of aromatic nitrogens is 2. The summed E-state index contributed by atoms with van der Waals surface area (Å²) in [5.41, 5.74) is 12.8. The van der Waals surface area contributed by atoms with E-state index in [0.717, 1.165) is 50.4 Å². The molecule has 0 bridgehead atoms. The van der Waals surface area contributed by atoms with Crippen molar-refractivity contribution in [2.45, 2.75) is 38.5 Å². The molecule has 326 valence electrons. The molecule has 5 nitrogen and oxygen atoms in total. The smallest absolute Gasteiger partial charge is 0.135 e. The van der Waals surface area contributed by atoms with E-state index in [9.17, 15) is 0 Å². The van der Waals surface area contributed by atoms with Gasteiger partial charge in [-0.3, -0.25) is 0 Å². The number of ether oxygens (including phenoxy) is 1. The molecule has 0 saturated carbocycles. The Morgan fingerprint density at radius 2 is 1.11 bits per heavy atom. The third-order valence-electron chi connectivity index (χ3n) is 13.1. The molecule has 66 heavy (non-hydrogen) atoms. The van der Waals surface area contributed by atoms with Crippen molar-refractivity contribution in [1.82, 2.24) is 9.55 Å². The van der Waals surface area contributed by atoms with Gasteiger partial charge in [-0.1, -0.05) is 161 Å². The van der Waals surface area contributed by atoms with E-state index in [1.165, 1.54) is 33.4 Å². The van der Waals surface area contributed by atoms with Crippen LogP contribution in [0.15, 0.2) is 206 Å². The van der Waals surface area contributed by atoms with E-state index in [0.29, 0.717) is 11.5 Å². The summed E-state index contributed by atoms with van der Waals surface area (Å²) in [5, 5.41) is 2.21. The van der Waals surface area contributed by atoms with Crippen molar-refractivity contribution in [2.75, 3.05) is 9.80 Å². The zero-order valence-corrected chi connectivity index (χ0v) is 39.5. The van der Waals surface area contributed by atoms with E-state index in [4.69, 9.17) is 9.72 Å². The average molecular weight is 1040 g/mol. The van der Waals surface area contributed by atoms with Crippen molar-refractivity contribution < 1.29 is 25.8 Å². The normalized spacial score (nSPS) is 12.6. The van der Waals surface area contributed by atoms with Crippen LogP contribution in [0.5, 0.6) is 11.5 Å². The summed E-state index contributed by atoms with van der Waals surface area (Å²) in [6.45, 7) is 11.3. The van der Waals surface area contributed by atoms with Gasteiger partial charge in [-0.25, -0.2) is 4.98 Å². The van der Waals surface area contributed by atoms with Crippen LogP contribution in [-0.4, -0.2) is 9.55 Å². The molecule has 0 spiro atoms. The van der Waals surface area contributed by atoms with Crippen LogP contribution in [0.3, 0.4) is 0 Å². The SMILES string of the molecule is CC(C)(c1ccccc1)c1cc(-c2ccccc2)cc(N2[CH-]N(c3[c-]c(Oc4[c-]c5c(cc4)c4ccccc4n5-c4cc(C(C)(C)c5ccccc5)ccn4)ccc3)c3ccccc32)c1.[Pt]. The van der Waals surface area contributed by atoms with Crippen LogP contribution in [0, 0.1) is 18.8 Å². The summed E-state index contributed by atoms with van der Waals surface area (Å²) in [6.07, 6.45) is 1.91. The van der Waals surface area contributed by atoms with E-state index in [1.54, 1.807) is 0 Å². The summed E-state index contributed by atoms with van der Waals surface area (Å²) < 4.78 is 8.87. The molecule has 1 aliphatic rings. The minimum atomic E-state index is -0.243. The predicted octanol–water partition coefficient (Wildman–Crippen LogP) is 15.3. The van der Waals surface area contributed by atoms with Crippen molar-refractivity contribution in [2.24, 2.45) is 0 Å². The Hall–Kier alpha value is -7.20. The number of rotatable bonds is 10. The second kappa shape index (κ2) is 17.3. The van der Waals surface area contributed by atoms with E-state index in [1.807, 2.05) is 24.4 Å². The minimum Gasteiger partial charge on any atom is -0.509 e. The quantitative estimate of drug-likeness (QED) is 0.128. The molecule has 0 atom stereocenters. The van der Waals surface area contributed by atoms with E-state index >= 15 is 0 Å². The fourth-order valence-electron chi connectivity index (χ4n) is 9.32. The van der Waals surface area contributed by atoms with Crippen LogP contribution < -0.4 is 14.5 Å². The first-order valence-electron chi connectivity index (χ1n) is 22.2. The molecule has 3 heterocycles. The van der Waals surface area contributed by atoms with Gasteiger partial charge in [0.15, 0.2) is 0 Å². The summed E-state index contributed by atoms with van der Waals surface area (Å²) in [5.74, 6) is 2.01. The number of hydrogen-bond acceptors (Lipinski definition) is 4. The number of benzene rings is 8. The Morgan fingerprint density at radius 3 is 1.83 bits per heavy atom. The number of nitrogens with zero attached hydrogens (tertiary/aromatic N) is 4. The van der Waals surface area contributed by atoms with Crippen molar-refractivity contribution in [1.29, 1.82) is 0 Å². The molecule has 0 amide bonds. The van der Waals surface area contributed by atoms with Gasteiger partial charge in [0.05, 0.1) is 0 Å². The molecule has 1 aliphatic heterocycles. The molecule has 0 saturated heterocycles. The first-order chi connectivity index (χ1) is 31.7. The molecule has 6 heteroatoms. The summed E-state index contributed by atoms with van der Waals surface area (Å²) in [7, 11) is 0. The minimum absolute atomic E-state index is 0. The Kier molecular flexibility index (Phi) is 11.2. The fourth-order valence-corrected chi connectivity index (χ4v) is 9.32. The molecule has 0 fully saturated rings. The first kappa shape index (κ1) is 42.7. The summed E-state index contributed by atoms with van der Waals surface area (Å²) in [4.78, 5) is 9.42. The van der Waals surface area contributed by atoms with E-state index in [2.05, 4.69) is 243 Å².